The summed E-state index contributed by atoms with van der Waals surface area (Å²) >= 11 is 0. The number of benzene rings is 1. The van der Waals surface area contributed by atoms with Crippen molar-refractivity contribution in [2.75, 3.05) is 0 Å². The molecule has 0 unspecified atom stereocenters. The third kappa shape index (κ3) is 2.25. The van der Waals surface area contributed by atoms with Crippen molar-refractivity contribution in [2.24, 2.45) is 0 Å². The molecule has 0 radical (unpaired) electrons. The van der Waals surface area contributed by atoms with Gasteiger partial charge in [-0.25, -0.2) is 0 Å². The monoisotopic (exact) mass is 198 g/mol. The maximum absolute atomic E-state index is 9.28. The summed E-state index contributed by atoms with van der Waals surface area (Å²) in [5, 5.41) is 9.28. The molecule has 0 bridgehead atoms. The molecule has 0 spiro atoms. The van der Waals surface area contributed by atoms with Gasteiger partial charge in [-0.3, -0.25) is 0 Å². The molecule has 1 nitrogen and oxygen atoms in total. The molecule has 0 amide bonds. The van der Waals surface area contributed by atoms with E-state index in [4.69, 9.17) is 0 Å². The molecule has 0 atom stereocenters. The van der Waals surface area contributed by atoms with Gasteiger partial charge in [-0.2, -0.15) is 0 Å². The SMILES string of the molecule is CC(=C1C=CC(O)C=C1)c1ccccc1. The Morgan fingerprint density at radius 1 is 1.07 bits per heavy atom. The lowest BCUT2D eigenvalue weighted by Crippen LogP contribution is -2.00. The molecule has 76 valence electrons. The first-order valence-corrected chi connectivity index (χ1v) is 5.08. The average Bonchev–Trinajstić information content (AvgIpc) is 2.30. The van der Waals surface area contributed by atoms with Gasteiger partial charge in [0.2, 0.25) is 0 Å². The summed E-state index contributed by atoms with van der Waals surface area (Å²) in [6, 6.07) is 10.3. The number of allylic oxidation sites excluding steroid dienone is 4. The summed E-state index contributed by atoms with van der Waals surface area (Å²) in [6.07, 6.45) is 7.08. The van der Waals surface area contributed by atoms with Crippen molar-refractivity contribution in [1.29, 1.82) is 0 Å². The summed E-state index contributed by atoms with van der Waals surface area (Å²) in [5.74, 6) is 0. The Labute approximate surface area is 90.1 Å². The zero-order chi connectivity index (χ0) is 10.7. The van der Waals surface area contributed by atoms with Crippen LogP contribution in [0.15, 0.2) is 60.2 Å². The number of hydrogen-bond donors (Lipinski definition) is 1. The maximum atomic E-state index is 9.28. The average molecular weight is 198 g/mol. The Bertz CT molecular complexity index is 408. The molecule has 0 heterocycles. The smallest absolute Gasteiger partial charge is 0.0909 e. The van der Waals surface area contributed by atoms with Gasteiger partial charge in [0, 0.05) is 0 Å². The Morgan fingerprint density at radius 3 is 2.27 bits per heavy atom. The summed E-state index contributed by atoms with van der Waals surface area (Å²) < 4.78 is 0. The molecule has 2 rings (SSSR count). The first kappa shape index (κ1) is 9.94. The van der Waals surface area contributed by atoms with Crippen LogP contribution in [0.5, 0.6) is 0 Å². The Balaban J connectivity index is 2.35. The molecule has 1 aromatic rings. The van der Waals surface area contributed by atoms with Gasteiger partial charge in [0.15, 0.2) is 0 Å². The molecule has 1 aliphatic rings. The van der Waals surface area contributed by atoms with E-state index in [1.807, 2.05) is 30.4 Å². The van der Waals surface area contributed by atoms with Gasteiger partial charge in [0.05, 0.1) is 6.10 Å². The van der Waals surface area contributed by atoms with E-state index in [1.54, 1.807) is 12.2 Å². The molecule has 1 heteroatoms. The van der Waals surface area contributed by atoms with E-state index >= 15 is 0 Å². The van der Waals surface area contributed by atoms with Gasteiger partial charge < -0.3 is 5.11 Å². The van der Waals surface area contributed by atoms with E-state index in [0.29, 0.717) is 0 Å². The summed E-state index contributed by atoms with van der Waals surface area (Å²) in [5.41, 5.74) is 3.61. The lowest BCUT2D eigenvalue weighted by molar-refractivity contribution is 0.270. The van der Waals surface area contributed by atoms with Crippen molar-refractivity contribution in [1.82, 2.24) is 0 Å². The van der Waals surface area contributed by atoms with Crippen molar-refractivity contribution in [3.05, 3.63) is 65.8 Å². The Kier molecular flexibility index (Phi) is 2.84. The molecule has 15 heavy (non-hydrogen) atoms. The molecular weight excluding hydrogens is 184 g/mol. The lowest BCUT2D eigenvalue weighted by atomic mass is 9.98. The highest BCUT2D eigenvalue weighted by atomic mass is 16.3. The maximum Gasteiger partial charge on any atom is 0.0909 e. The van der Waals surface area contributed by atoms with Crippen LogP contribution in [-0.2, 0) is 0 Å². The number of aliphatic hydroxyl groups is 1. The van der Waals surface area contributed by atoms with Crippen LogP contribution in [0.2, 0.25) is 0 Å². The van der Waals surface area contributed by atoms with Crippen molar-refractivity contribution < 1.29 is 5.11 Å². The van der Waals surface area contributed by atoms with Gasteiger partial charge in [-0.1, -0.05) is 54.6 Å². The summed E-state index contributed by atoms with van der Waals surface area (Å²) in [4.78, 5) is 0. The fourth-order valence-corrected chi connectivity index (χ4v) is 1.63. The molecule has 1 aromatic carbocycles. The molecule has 1 aliphatic carbocycles. The van der Waals surface area contributed by atoms with E-state index in [1.165, 1.54) is 11.1 Å². The highest BCUT2D eigenvalue weighted by molar-refractivity contribution is 5.72. The van der Waals surface area contributed by atoms with Crippen LogP contribution >= 0.6 is 0 Å². The van der Waals surface area contributed by atoms with E-state index in [2.05, 4.69) is 19.1 Å². The van der Waals surface area contributed by atoms with Gasteiger partial charge in [0.25, 0.3) is 0 Å². The summed E-state index contributed by atoms with van der Waals surface area (Å²) in [7, 11) is 0. The molecule has 0 fully saturated rings. The van der Waals surface area contributed by atoms with Crippen LogP contribution in [0, 0.1) is 0 Å². The van der Waals surface area contributed by atoms with Crippen LogP contribution in [0.25, 0.3) is 5.57 Å². The quantitative estimate of drug-likeness (QED) is 0.735. The number of rotatable bonds is 1. The highest BCUT2D eigenvalue weighted by Crippen LogP contribution is 2.21. The largest absolute Gasteiger partial charge is 0.385 e. The van der Waals surface area contributed by atoms with E-state index in [9.17, 15) is 5.11 Å². The van der Waals surface area contributed by atoms with E-state index in [-0.39, 0.29) is 0 Å². The zero-order valence-corrected chi connectivity index (χ0v) is 8.72. The second kappa shape index (κ2) is 4.28. The van der Waals surface area contributed by atoms with Crippen LogP contribution in [0.4, 0.5) is 0 Å². The molecule has 0 aliphatic heterocycles. The second-order valence-corrected chi connectivity index (χ2v) is 3.66. The summed E-state index contributed by atoms with van der Waals surface area (Å²) in [6.45, 7) is 2.09. The van der Waals surface area contributed by atoms with Crippen molar-refractivity contribution in [3.63, 3.8) is 0 Å². The van der Waals surface area contributed by atoms with Gasteiger partial charge in [-0.05, 0) is 23.6 Å². The minimum Gasteiger partial charge on any atom is -0.385 e. The standard InChI is InChI=1S/C14H14O/c1-11(12-5-3-2-4-6-12)13-7-9-14(15)10-8-13/h2-10,14-15H,1H3. The highest BCUT2D eigenvalue weighted by Gasteiger charge is 2.04. The van der Waals surface area contributed by atoms with Crippen LogP contribution in [0.3, 0.4) is 0 Å². The molecule has 0 saturated carbocycles. The van der Waals surface area contributed by atoms with Crippen molar-refractivity contribution in [2.45, 2.75) is 13.0 Å². The van der Waals surface area contributed by atoms with Crippen LogP contribution in [0.1, 0.15) is 12.5 Å². The predicted molar refractivity (Wildman–Crippen MR) is 63.3 cm³/mol. The minimum absolute atomic E-state index is 0.433. The molecular formula is C14H14O. The van der Waals surface area contributed by atoms with E-state index < -0.39 is 6.10 Å². The van der Waals surface area contributed by atoms with Gasteiger partial charge in [-0.15, -0.1) is 0 Å². The minimum atomic E-state index is -0.433. The van der Waals surface area contributed by atoms with Crippen molar-refractivity contribution >= 4 is 5.57 Å². The third-order valence-corrected chi connectivity index (χ3v) is 2.59. The number of aliphatic hydroxyl groups excluding tert-OH is 1. The Hall–Kier alpha value is -1.60. The van der Waals surface area contributed by atoms with Crippen LogP contribution < -0.4 is 0 Å². The zero-order valence-electron chi connectivity index (χ0n) is 8.72. The van der Waals surface area contributed by atoms with Crippen molar-refractivity contribution in [3.8, 4) is 0 Å². The van der Waals surface area contributed by atoms with Gasteiger partial charge >= 0.3 is 0 Å². The van der Waals surface area contributed by atoms with Gasteiger partial charge in [0.1, 0.15) is 0 Å². The molecule has 0 aromatic heterocycles. The Morgan fingerprint density at radius 2 is 1.67 bits per heavy atom. The normalized spacial score (nSPS) is 19.3. The first-order chi connectivity index (χ1) is 7.27. The van der Waals surface area contributed by atoms with E-state index in [0.717, 1.165) is 5.57 Å². The molecule has 0 saturated heterocycles. The predicted octanol–water partition coefficient (Wildman–Crippen LogP) is 2.95. The second-order valence-electron chi connectivity index (χ2n) is 3.66. The molecule has 1 N–H and O–H groups in total. The first-order valence-electron chi connectivity index (χ1n) is 5.08. The number of hydrogen-bond acceptors (Lipinski definition) is 1. The fraction of sp³-hybridized carbons (Fsp3) is 0.143. The topological polar surface area (TPSA) is 20.2 Å². The lowest BCUT2D eigenvalue weighted by Gasteiger charge is -2.10. The van der Waals surface area contributed by atoms with Crippen LogP contribution in [-0.4, -0.2) is 11.2 Å². The third-order valence-electron chi connectivity index (χ3n) is 2.59. The fourth-order valence-electron chi connectivity index (χ4n) is 1.63.